The van der Waals surface area contributed by atoms with Crippen LogP contribution in [0.25, 0.3) is 0 Å². The first-order chi connectivity index (χ1) is 12.3. The molecule has 0 spiro atoms. The van der Waals surface area contributed by atoms with Crippen LogP contribution in [-0.2, 0) is 0 Å². The average molecular weight is 342 g/mol. The van der Waals surface area contributed by atoms with Gasteiger partial charge in [-0.15, -0.1) is 0 Å². The standard InChI is InChI=1S/C18H23FN6/c19-15-5-4-7-20-17(15)24-13-11-23(12-14-24)16-6-8-21-18(22-16)25-9-2-1-3-10-25/h4-8H,1-3,9-14H2. The zero-order valence-electron chi connectivity index (χ0n) is 14.3. The number of piperidine rings is 1. The van der Waals surface area contributed by atoms with Crippen LogP contribution in [0.2, 0.25) is 0 Å². The molecule has 0 amide bonds. The minimum Gasteiger partial charge on any atom is -0.353 e. The van der Waals surface area contributed by atoms with Crippen molar-refractivity contribution in [3.8, 4) is 0 Å². The van der Waals surface area contributed by atoms with Gasteiger partial charge in [-0.3, -0.25) is 0 Å². The molecule has 2 aliphatic rings. The second kappa shape index (κ2) is 7.21. The van der Waals surface area contributed by atoms with Crippen LogP contribution >= 0.6 is 0 Å². The monoisotopic (exact) mass is 342 g/mol. The second-order valence-corrected chi connectivity index (χ2v) is 6.55. The largest absolute Gasteiger partial charge is 0.353 e. The maximum atomic E-state index is 13.9. The molecule has 0 N–H and O–H groups in total. The van der Waals surface area contributed by atoms with E-state index in [9.17, 15) is 4.39 Å². The van der Waals surface area contributed by atoms with E-state index in [0.717, 1.165) is 51.0 Å². The lowest BCUT2D eigenvalue weighted by atomic mass is 10.1. The van der Waals surface area contributed by atoms with Gasteiger partial charge in [-0.2, -0.15) is 4.98 Å². The zero-order chi connectivity index (χ0) is 17.1. The van der Waals surface area contributed by atoms with E-state index in [1.807, 2.05) is 17.2 Å². The predicted molar refractivity (Wildman–Crippen MR) is 96.7 cm³/mol. The molecule has 2 saturated heterocycles. The third kappa shape index (κ3) is 3.50. The lowest BCUT2D eigenvalue weighted by Crippen LogP contribution is -2.47. The van der Waals surface area contributed by atoms with Crippen LogP contribution in [0, 0.1) is 5.82 Å². The van der Waals surface area contributed by atoms with Crippen LogP contribution in [0.15, 0.2) is 30.6 Å². The number of pyridine rings is 1. The maximum Gasteiger partial charge on any atom is 0.227 e. The highest BCUT2D eigenvalue weighted by molar-refractivity contribution is 5.47. The number of aromatic nitrogens is 3. The molecule has 0 bridgehead atoms. The van der Waals surface area contributed by atoms with Crippen molar-refractivity contribution in [1.82, 2.24) is 15.0 Å². The SMILES string of the molecule is Fc1cccnc1N1CCN(c2ccnc(N3CCCCC3)n2)CC1. The first-order valence-corrected chi connectivity index (χ1v) is 9.00. The molecule has 2 fully saturated rings. The second-order valence-electron chi connectivity index (χ2n) is 6.55. The molecular weight excluding hydrogens is 319 g/mol. The molecule has 132 valence electrons. The normalized spacial score (nSPS) is 18.5. The number of hydrogen-bond acceptors (Lipinski definition) is 6. The molecule has 2 aromatic heterocycles. The number of halogens is 1. The Labute approximate surface area is 147 Å². The highest BCUT2D eigenvalue weighted by atomic mass is 19.1. The molecule has 4 heterocycles. The van der Waals surface area contributed by atoms with Crippen LogP contribution in [-0.4, -0.2) is 54.2 Å². The molecule has 4 rings (SSSR count). The predicted octanol–water partition coefficient (Wildman–Crippen LogP) is 2.33. The zero-order valence-corrected chi connectivity index (χ0v) is 14.3. The summed E-state index contributed by atoms with van der Waals surface area (Å²) in [5, 5.41) is 0. The average Bonchev–Trinajstić information content (AvgIpc) is 2.69. The molecule has 0 radical (unpaired) electrons. The number of hydrogen-bond donors (Lipinski definition) is 0. The summed E-state index contributed by atoms with van der Waals surface area (Å²) in [7, 11) is 0. The Morgan fingerprint density at radius 2 is 1.52 bits per heavy atom. The van der Waals surface area contributed by atoms with Gasteiger partial charge < -0.3 is 14.7 Å². The molecule has 7 heteroatoms. The van der Waals surface area contributed by atoms with Gasteiger partial charge in [-0.05, 0) is 37.5 Å². The summed E-state index contributed by atoms with van der Waals surface area (Å²) in [6.07, 6.45) is 7.20. The van der Waals surface area contributed by atoms with Gasteiger partial charge >= 0.3 is 0 Å². The molecule has 6 nitrogen and oxygen atoms in total. The highest BCUT2D eigenvalue weighted by Crippen LogP contribution is 2.22. The Morgan fingerprint density at radius 3 is 2.28 bits per heavy atom. The molecular formula is C18H23FN6. The summed E-state index contributed by atoms with van der Waals surface area (Å²) in [4.78, 5) is 19.9. The van der Waals surface area contributed by atoms with Crippen LogP contribution < -0.4 is 14.7 Å². The fourth-order valence-electron chi connectivity index (χ4n) is 3.52. The fourth-order valence-corrected chi connectivity index (χ4v) is 3.52. The van der Waals surface area contributed by atoms with E-state index in [1.165, 1.54) is 25.3 Å². The van der Waals surface area contributed by atoms with E-state index >= 15 is 0 Å². The Hall–Kier alpha value is -2.44. The first kappa shape index (κ1) is 16.1. The molecule has 0 aliphatic carbocycles. The van der Waals surface area contributed by atoms with Crippen molar-refractivity contribution >= 4 is 17.6 Å². The fraction of sp³-hybridized carbons (Fsp3) is 0.500. The van der Waals surface area contributed by atoms with E-state index in [-0.39, 0.29) is 5.82 Å². The van der Waals surface area contributed by atoms with Crippen molar-refractivity contribution in [2.24, 2.45) is 0 Å². The molecule has 2 aromatic rings. The van der Waals surface area contributed by atoms with E-state index in [1.54, 1.807) is 12.3 Å². The number of rotatable bonds is 3. The lowest BCUT2D eigenvalue weighted by molar-refractivity contribution is 0.566. The van der Waals surface area contributed by atoms with Crippen LogP contribution in [0.4, 0.5) is 22.0 Å². The van der Waals surface area contributed by atoms with Gasteiger partial charge in [0.05, 0.1) is 0 Å². The van der Waals surface area contributed by atoms with Crippen molar-refractivity contribution in [2.75, 3.05) is 54.0 Å². The first-order valence-electron chi connectivity index (χ1n) is 9.00. The Morgan fingerprint density at radius 1 is 0.760 bits per heavy atom. The Balaban J connectivity index is 1.43. The summed E-state index contributed by atoms with van der Waals surface area (Å²) in [6, 6.07) is 5.05. The minimum atomic E-state index is -0.259. The van der Waals surface area contributed by atoms with Gasteiger partial charge in [0.2, 0.25) is 5.95 Å². The van der Waals surface area contributed by atoms with Gasteiger partial charge in [0.25, 0.3) is 0 Å². The van der Waals surface area contributed by atoms with Crippen molar-refractivity contribution in [3.63, 3.8) is 0 Å². The molecule has 0 atom stereocenters. The summed E-state index contributed by atoms with van der Waals surface area (Å²) in [5.41, 5.74) is 0. The summed E-state index contributed by atoms with van der Waals surface area (Å²) in [6.45, 7) is 5.14. The van der Waals surface area contributed by atoms with Crippen LogP contribution in [0.5, 0.6) is 0 Å². The van der Waals surface area contributed by atoms with E-state index in [2.05, 4.69) is 19.8 Å². The third-order valence-corrected chi connectivity index (χ3v) is 4.91. The van der Waals surface area contributed by atoms with E-state index < -0.39 is 0 Å². The molecule has 2 aliphatic heterocycles. The van der Waals surface area contributed by atoms with Gasteiger partial charge in [0.1, 0.15) is 5.82 Å². The summed E-state index contributed by atoms with van der Waals surface area (Å²) >= 11 is 0. The third-order valence-electron chi connectivity index (χ3n) is 4.91. The van der Waals surface area contributed by atoms with E-state index in [0.29, 0.717) is 5.82 Å². The maximum absolute atomic E-state index is 13.9. The van der Waals surface area contributed by atoms with Crippen LogP contribution in [0.3, 0.4) is 0 Å². The molecule has 25 heavy (non-hydrogen) atoms. The van der Waals surface area contributed by atoms with Crippen molar-refractivity contribution in [2.45, 2.75) is 19.3 Å². The Bertz CT molecular complexity index is 710. The van der Waals surface area contributed by atoms with E-state index in [4.69, 9.17) is 4.98 Å². The van der Waals surface area contributed by atoms with Crippen molar-refractivity contribution < 1.29 is 4.39 Å². The minimum absolute atomic E-state index is 0.259. The van der Waals surface area contributed by atoms with Gasteiger partial charge in [-0.25, -0.2) is 14.4 Å². The lowest BCUT2D eigenvalue weighted by Gasteiger charge is -2.36. The van der Waals surface area contributed by atoms with Crippen molar-refractivity contribution in [3.05, 3.63) is 36.4 Å². The number of nitrogens with zero attached hydrogens (tertiary/aromatic N) is 6. The summed E-state index contributed by atoms with van der Waals surface area (Å²) in [5.74, 6) is 1.97. The van der Waals surface area contributed by atoms with Gasteiger partial charge in [-0.1, -0.05) is 0 Å². The number of piperazine rings is 1. The molecule has 0 aromatic carbocycles. The quantitative estimate of drug-likeness (QED) is 0.853. The molecule has 0 saturated carbocycles. The smallest absolute Gasteiger partial charge is 0.227 e. The topological polar surface area (TPSA) is 48.4 Å². The Kier molecular flexibility index (Phi) is 4.63. The van der Waals surface area contributed by atoms with Gasteiger partial charge in [0, 0.05) is 51.7 Å². The van der Waals surface area contributed by atoms with Crippen molar-refractivity contribution in [1.29, 1.82) is 0 Å². The van der Waals surface area contributed by atoms with Gasteiger partial charge in [0.15, 0.2) is 11.6 Å². The molecule has 0 unspecified atom stereocenters. The number of anilines is 3. The highest BCUT2D eigenvalue weighted by Gasteiger charge is 2.22. The summed E-state index contributed by atoms with van der Waals surface area (Å²) < 4.78 is 13.9. The van der Waals surface area contributed by atoms with Crippen LogP contribution in [0.1, 0.15) is 19.3 Å².